The SMILES string of the molecule is O=C(O)/C=C/C(=O)Cc1ccc(/C=C/c2ccccc2)cc1. The molecule has 0 aliphatic rings. The summed E-state index contributed by atoms with van der Waals surface area (Å²) in [6.45, 7) is 0. The van der Waals surface area contributed by atoms with Gasteiger partial charge in [0, 0.05) is 12.5 Å². The standard InChI is InChI=1S/C19H16O3/c20-18(12-13-19(21)22)14-17-10-8-16(9-11-17)7-6-15-4-2-1-3-5-15/h1-13H,14H2,(H,21,22)/b7-6+,13-12+. The third-order valence-corrected chi connectivity index (χ3v) is 3.04. The molecule has 2 rings (SSSR count). The maximum atomic E-state index is 11.5. The monoisotopic (exact) mass is 292 g/mol. The Morgan fingerprint density at radius 2 is 1.41 bits per heavy atom. The fourth-order valence-corrected chi connectivity index (χ4v) is 1.93. The molecule has 0 bridgehead atoms. The molecule has 0 fully saturated rings. The highest BCUT2D eigenvalue weighted by molar-refractivity contribution is 5.96. The van der Waals surface area contributed by atoms with E-state index in [1.165, 1.54) is 0 Å². The van der Waals surface area contributed by atoms with Crippen LogP contribution < -0.4 is 0 Å². The second kappa shape index (κ2) is 7.74. The maximum Gasteiger partial charge on any atom is 0.328 e. The molecule has 0 aliphatic carbocycles. The molecule has 0 heterocycles. The van der Waals surface area contributed by atoms with Crippen LogP contribution in [0.4, 0.5) is 0 Å². The molecule has 22 heavy (non-hydrogen) atoms. The zero-order valence-corrected chi connectivity index (χ0v) is 12.0. The highest BCUT2D eigenvalue weighted by atomic mass is 16.4. The molecule has 2 aromatic carbocycles. The molecule has 1 N–H and O–H groups in total. The number of benzene rings is 2. The largest absolute Gasteiger partial charge is 0.478 e. The summed E-state index contributed by atoms with van der Waals surface area (Å²) in [5.41, 5.74) is 3.03. The van der Waals surface area contributed by atoms with Crippen molar-refractivity contribution < 1.29 is 14.7 Å². The van der Waals surface area contributed by atoms with Gasteiger partial charge < -0.3 is 5.11 Å². The number of aliphatic carboxylic acids is 1. The van der Waals surface area contributed by atoms with Crippen molar-refractivity contribution in [3.05, 3.63) is 83.4 Å². The Morgan fingerprint density at radius 3 is 2.00 bits per heavy atom. The Bertz CT molecular complexity index is 695. The summed E-state index contributed by atoms with van der Waals surface area (Å²) in [4.78, 5) is 21.9. The van der Waals surface area contributed by atoms with Crippen LogP contribution >= 0.6 is 0 Å². The predicted octanol–water partition coefficient (Wildman–Crippen LogP) is 3.61. The Balaban J connectivity index is 1.97. The van der Waals surface area contributed by atoms with Gasteiger partial charge in [-0.1, -0.05) is 66.7 Å². The minimum absolute atomic E-state index is 0.201. The van der Waals surface area contributed by atoms with E-state index in [2.05, 4.69) is 0 Å². The molecule has 0 radical (unpaired) electrons. The first-order valence-electron chi connectivity index (χ1n) is 6.89. The van der Waals surface area contributed by atoms with E-state index in [9.17, 15) is 9.59 Å². The molecule has 0 spiro atoms. The second-order valence-corrected chi connectivity index (χ2v) is 4.80. The summed E-state index contributed by atoms with van der Waals surface area (Å²) in [7, 11) is 0. The predicted molar refractivity (Wildman–Crippen MR) is 87.3 cm³/mol. The van der Waals surface area contributed by atoms with E-state index in [1.54, 1.807) is 0 Å². The van der Waals surface area contributed by atoms with Crippen molar-refractivity contribution in [2.24, 2.45) is 0 Å². The van der Waals surface area contributed by atoms with Crippen LogP contribution in [-0.2, 0) is 16.0 Å². The molecule has 3 nitrogen and oxygen atoms in total. The van der Waals surface area contributed by atoms with Crippen molar-refractivity contribution in [2.45, 2.75) is 6.42 Å². The van der Waals surface area contributed by atoms with Crippen LogP contribution in [-0.4, -0.2) is 16.9 Å². The number of ketones is 1. The van der Waals surface area contributed by atoms with Gasteiger partial charge in [0.05, 0.1) is 0 Å². The molecule has 2 aromatic rings. The van der Waals surface area contributed by atoms with Gasteiger partial charge in [-0.25, -0.2) is 4.79 Å². The van der Waals surface area contributed by atoms with Crippen molar-refractivity contribution in [3.63, 3.8) is 0 Å². The third-order valence-electron chi connectivity index (χ3n) is 3.04. The Labute approximate surface area is 129 Å². The van der Waals surface area contributed by atoms with Gasteiger partial charge in [0.15, 0.2) is 5.78 Å². The number of hydrogen-bond acceptors (Lipinski definition) is 2. The molecular weight excluding hydrogens is 276 g/mol. The van der Waals surface area contributed by atoms with E-state index < -0.39 is 5.97 Å². The van der Waals surface area contributed by atoms with Gasteiger partial charge in [0.1, 0.15) is 0 Å². The summed E-state index contributed by atoms with van der Waals surface area (Å²) in [6, 6.07) is 17.6. The van der Waals surface area contributed by atoms with Gasteiger partial charge in [-0.05, 0) is 22.8 Å². The van der Waals surface area contributed by atoms with Gasteiger partial charge in [0.25, 0.3) is 0 Å². The number of carbonyl (C=O) groups is 2. The molecule has 0 saturated carbocycles. The van der Waals surface area contributed by atoms with E-state index >= 15 is 0 Å². The maximum absolute atomic E-state index is 11.5. The van der Waals surface area contributed by atoms with Crippen LogP contribution in [0.1, 0.15) is 16.7 Å². The van der Waals surface area contributed by atoms with Crippen LogP contribution in [0.25, 0.3) is 12.2 Å². The van der Waals surface area contributed by atoms with Gasteiger partial charge >= 0.3 is 5.97 Å². The highest BCUT2D eigenvalue weighted by Crippen LogP contribution is 2.10. The Kier molecular flexibility index (Phi) is 5.44. The minimum atomic E-state index is -1.12. The topological polar surface area (TPSA) is 54.4 Å². The van der Waals surface area contributed by atoms with E-state index in [1.807, 2.05) is 66.7 Å². The van der Waals surface area contributed by atoms with Crippen LogP contribution in [0, 0.1) is 0 Å². The van der Waals surface area contributed by atoms with Crippen LogP contribution in [0.2, 0.25) is 0 Å². The normalized spacial score (nSPS) is 11.1. The zero-order valence-electron chi connectivity index (χ0n) is 12.0. The minimum Gasteiger partial charge on any atom is -0.478 e. The lowest BCUT2D eigenvalue weighted by Gasteiger charge is -1.99. The average Bonchev–Trinajstić information content (AvgIpc) is 2.53. The van der Waals surface area contributed by atoms with Gasteiger partial charge in [-0.15, -0.1) is 0 Å². The van der Waals surface area contributed by atoms with Gasteiger partial charge in [0.2, 0.25) is 0 Å². The molecule has 3 heteroatoms. The van der Waals surface area contributed by atoms with Gasteiger partial charge in [-0.3, -0.25) is 4.79 Å². The van der Waals surface area contributed by atoms with E-state index in [4.69, 9.17) is 5.11 Å². The highest BCUT2D eigenvalue weighted by Gasteiger charge is 2.00. The molecule has 0 saturated heterocycles. The Hall–Kier alpha value is -2.94. The molecule has 0 aliphatic heterocycles. The first kappa shape index (κ1) is 15.4. The third kappa shape index (κ3) is 5.21. The van der Waals surface area contributed by atoms with Crippen LogP contribution in [0.15, 0.2) is 66.7 Å². The molecule has 0 atom stereocenters. The fourth-order valence-electron chi connectivity index (χ4n) is 1.93. The van der Waals surface area contributed by atoms with Crippen molar-refractivity contribution >= 4 is 23.9 Å². The molecule has 0 unspecified atom stereocenters. The number of carboxylic acid groups (broad SMARTS) is 1. The fraction of sp³-hybridized carbons (Fsp3) is 0.0526. The van der Waals surface area contributed by atoms with Crippen molar-refractivity contribution in [1.29, 1.82) is 0 Å². The summed E-state index contributed by atoms with van der Waals surface area (Å²) in [5.74, 6) is -1.34. The van der Waals surface area contributed by atoms with E-state index in [0.29, 0.717) is 0 Å². The lowest BCUT2D eigenvalue weighted by atomic mass is 10.1. The van der Waals surface area contributed by atoms with Crippen molar-refractivity contribution in [3.8, 4) is 0 Å². The summed E-state index contributed by atoms with van der Waals surface area (Å²) >= 11 is 0. The van der Waals surface area contributed by atoms with Crippen LogP contribution in [0.5, 0.6) is 0 Å². The number of allylic oxidation sites excluding steroid dienone is 1. The molecule has 110 valence electrons. The summed E-state index contributed by atoms with van der Waals surface area (Å²) in [6.07, 6.45) is 6.18. The number of rotatable bonds is 6. The molecule has 0 amide bonds. The quantitative estimate of drug-likeness (QED) is 0.653. The number of hydrogen-bond donors (Lipinski definition) is 1. The zero-order chi connectivity index (χ0) is 15.8. The first-order valence-corrected chi connectivity index (χ1v) is 6.89. The lowest BCUT2D eigenvalue weighted by Crippen LogP contribution is -2.00. The smallest absolute Gasteiger partial charge is 0.328 e. The van der Waals surface area contributed by atoms with Crippen molar-refractivity contribution in [2.75, 3.05) is 0 Å². The molecule has 0 aromatic heterocycles. The van der Waals surface area contributed by atoms with E-state index in [0.717, 1.165) is 28.8 Å². The summed E-state index contributed by atoms with van der Waals surface area (Å²) in [5, 5.41) is 8.47. The van der Waals surface area contributed by atoms with Crippen LogP contribution in [0.3, 0.4) is 0 Å². The van der Waals surface area contributed by atoms with E-state index in [-0.39, 0.29) is 12.2 Å². The number of carboxylic acids is 1. The lowest BCUT2D eigenvalue weighted by molar-refractivity contribution is -0.131. The van der Waals surface area contributed by atoms with Gasteiger partial charge in [-0.2, -0.15) is 0 Å². The second-order valence-electron chi connectivity index (χ2n) is 4.80. The first-order chi connectivity index (χ1) is 10.6. The average molecular weight is 292 g/mol. The number of carbonyl (C=O) groups excluding carboxylic acids is 1. The molecular formula is C19H16O3. The Morgan fingerprint density at radius 1 is 0.818 bits per heavy atom. The van der Waals surface area contributed by atoms with Crippen molar-refractivity contribution in [1.82, 2.24) is 0 Å². The summed E-state index contributed by atoms with van der Waals surface area (Å²) < 4.78 is 0.